The highest BCUT2D eigenvalue weighted by Gasteiger charge is 2.45. The lowest BCUT2D eigenvalue weighted by atomic mass is 10.00. The molecule has 1 unspecified atom stereocenters. The van der Waals surface area contributed by atoms with E-state index < -0.39 is 0 Å². The van der Waals surface area contributed by atoms with Gasteiger partial charge in [0.25, 0.3) is 0 Å². The van der Waals surface area contributed by atoms with Crippen molar-refractivity contribution >= 4 is 0 Å². The second-order valence-electron chi connectivity index (χ2n) is 4.57. The van der Waals surface area contributed by atoms with Crippen molar-refractivity contribution in [2.24, 2.45) is 5.41 Å². The van der Waals surface area contributed by atoms with Gasteiger partial charge in [-0.05, 0) is 51.1 Å². The summed E-state index contributed by atoms with van der Waals surface area (Å²) in [6.45, 7) is 7.57. The van der Waals surface area contributed by atoms with Gasteiger partial charge >= 0.3 is 0 Å². The van der Waals surface area contributed by atoms with Crippen molar-refractivity contribution in [3.05, 3.63) is 0 Å². The molecule has 0 bridgehead atoms. The SMILES string of the molecule is CC(N1CCCC1)C1(C)CC1. The molecule has 64 valence electrons. The first-order valence-corrected chi connectivity index (χ1v) is 4.96. The Bertz CT molecular complexity index is 143. The van der Waals surface area contributed by atoms with Gasteiger partial charge in [0, 0.05) is 6.04 Å². The van der Waals surface area contributed by atoms with Crippen LogP contribution in [0.25, 0.3) is 0 Å². The van der Waals surface area contributed by atoms with Crippen molar-refractivity contribution < 1.29 is 0 Å². The molecule has 1 saturated heterocycles. The number of rotatable bonds is 2. The van der Waals surface area contributed by atoms with E-state index in [1.165, 1.54) is 38.8 Å². The van der Waals surface area contributed by atoms with Crippen LogP contribution in [-0.2, 0) is 0 Å². The summed E-state index contributed by atoms with van der Waals surface area (Å²) in [5.41, 5.74) is 0.699. The fraction of sp³-hybridized carbons (Fsp3) is 1.00. The minimum atomic E-state index is 0.699. The lowest BCUT2D eigenvalue weighted by Crippen LogP contribution is -2.36. The molecule has 2 aliphatic rings. The molecule has 1 aliphatic heterocycles. The zero-order valence-corrected chi connectivity index (χ0v) is 7.77. The lowest BCUT2D eigenvalue weighted by Gasteiger charge is -2.29. The normalized spacial score (nSPS) is 32.2. The van der Waals surface area contributed by atoms with Gasteiger partial charge < -0.3 is 4.90 Å². The standard InChI is InChI=1S/C10H19N/c1-9(10(2)5-6-10)11-7-3-4-8-11/h9H,3-8H2,1-2H3. The largest absolute Gasteiger partial charge is 0.300 e. The molecule has 0 radical (unpaired) electrons. The van der Waals surface area contributed by atoms with Crippen LogP contribution in [0, 0.1) is 5.41 Å². The van der Waals surface area contributed by atoms with Crippen LogP contribution in [0.2, 0.25) is 0 Å². The molecule has 0 aromatic heterocycles. The maximum absolute atomic E-state index is 2.67. The summed E-state index contributed by atoms with van der Waals surface area (Å²) >= 11 is 0. The minimum absolute atomic E-state index is 0.699. The monoisotopic (exact) mass is 153 g/mol. The van der Waals surface area contributed by atoms with E-state index in [4.69, 9.17) is 0 Å². The van der Waals surface area contributed by atoms with Gasteiger partial charge in [0.05, 0.1) is 0 Å². The van der Waals surface area contributed by atoms with E-state index in [9.17, 15) is 0 Å². The maximum Gasteiger partial charge on any atom is 0.0121 e. The average Bonchev–Trinajstić information content (AvgIpc) is 2.54. The van der Waals surface area contributed by atoms with E-state index in [1.54, 1.807) is 0 Å². The van der Waals surface area contributed by atoms with E-state index in [0.717, 1.165) is 6.04 Å². The first-order valence-electron chi connectivity index (χ1n) is 4.96. The molecule has 1 atom stereocenters. The van der Waals surface area contributed by atoms with Crippen LogP contribution < -0.4 is 0 Å². The third-order valence-electron chi connectivity index (χ3n) is 3.74. The second kappa shape index (κ2) is 2.48. The summed E-state index contributed by atoms with van der Waals surface area (Å²) in [5, 5.41) is 0. The smallest absolute Gasteiger partial charge is 0.0121 e. The van der Waals surface area contributed by atoms with E-state index in [0.29, 0.717) is 5.41 Å². The Labute approximate surface area is 69.8 Å². The third kappa shape index (κ3) is 1.31. The Morgan fingerprint density at radius 1 is 1.18 bits per heavy atom. The minimum Gasteiger partial charge on any atom is -0.300 e. The highest BCUT2D eigenvalue weighted by Crippen LogP contribution is 2.50. The van der Waals surface area contributed by atoms with E-state index in [1.807, 2.05) is 0 Å². The molecule has 2 fully saturated rings. The molecule has 1 nitrogen and oxygen atoms in total. The summed E-state index contributed by atoms with van der Waals surface area (Å²) in [4.78, 5) is 2.67. The van der Waals surface area contributed by atoms with Gasteiger partial charge in [0.15, 0.2) is 0 Å². The Hall–Kier alpha value is -0.0400. The van der Waals surface area contributed by atoms with Crippen LogP contribution in [0.5, 0.6) is 0 Å². The predicted molar refractivity (Wildman–Crippen MR) is 47.6 cm³/mol. The fourth-order valence-corrected chi connectivity index (χ4v) is 2.18. The van der Waals surface area contributed by atoms with Crippen molar-refractivity contribution in [3.8, 4) is 0 Å². The van der Waals surface area contributed by atoms with E-state index in [2.05, 4.69) is 18.7 Å². The Morgan fingerprint density at radius 2 is 1.73 bits per heavy atom. The van der Waals surface area contributed by atoms with Crippen molar-refractivity contribution in [1.29, 1.82) is 0 Å². The van der Waals surface area contributed by atoms with Crippen molar-refractivity contribution in [1.82, 2.24) is 4.90 Å². The van der Waals surface area contributed by atoms with Crippen LogP contribution in [0.15, 0.2) is 0 Å². The van der Waals surface area contributed by atoms with Gasteiger partial charge in [-0.1, -0.05) is 6.92 Å². The fourth-order valence-electron chi connectivity index (χ4n) is 2.18. The van der Waals surface area contributed by atoms with Crippen LogP contribution in [0.3, 0.4) is 0 Å². The van der Waals surface area contributed by atoms with Crippen LogP contribution in [0.1, 0.15) is 39.5 Å². The number of nitrogens with zero attached hydrogens (tertiary/aromatic N) is 1. The zero-order valence-electron chi connectivity index (χ0n) is 7.77. The zero-order chi connectivity index (χ0) is 7.90. The molecule has 1 saturated carbocycles. The first-order chi connectivity index (χ1) is 5.22. The summed E-state index contributed by atoms with van der Waals surface area (Å²) < 4.78 is 0. The summed E-state index contributed by atoms with van der Waals surface area (Å²) in [5.74, 6) is 0. The number of likely N-dealkylation sites (tertiary alicyclic amines) is 1. The van der Waals surface area contributed by atoms with Gasteiger partial charge in [0.1, 0.15) is 0 Å². The second-order valence-corrected chi connectivity index (χ2v) is 4.57. The Morgan fingerprint density at radius 3 is 2.18 bits per heavy atom. The van der Waals surface area contributed by atoms with Gasteiger partial charge in [-0.3, -0.25) is 0 Å². The van der Waals surface area contributed by atoms with Crippen molar-refractivity contribution in [2.45, 2.75) is 45.6 Å². The number of hydrogen-bond acceptors (Lipinski definition) is 1. The molecule has 0 spiro atoms. The highest BCUT2D eigenvalue weighted by atomic mass is 15.2. The van der Waals surface area contributed by atoms with Crippen LogP contribution >= 0.6 is 0 Å². The summed E-state index contributed by atoms with van der Waals surface area (Å²) in [6, 6.07) is 0.852. The third-order valence-corrected chi connectivity index (χ3v) is 3.74. The quantitative estimate of drug-likeness (QED) is 0.588. The Balaban J connectivity index is 1.93. The topological polar surface area (TPSA) is 3.24 Å². The molecule has 2 rings (SSSR count). The van der Waals surface area contributed by atoms with Gasteiger partial charge in [-0.25, -0.2) is 0 Å². The van der Waals surface area contributed by atoms with E-state index >= 15 is 0 Å². The predicted octanol–water partition coefficient (Wildman–Crippen LogP) is 2.27. The van der Waals surface area contributed by atoms with Crippen LogP contribution in [-0.4, -0.2) is 24.0 Å². The molecule has 1 heteroatoms. The Kier molecular flexibility index (Phi) is 1.71. The van der Waals surface area contributed by atoms with Crippen molar-refractivity contribution in [3.63, 3.8) is 0 Å². The maximum atomic E-state index is 2.67. The van der Waals surface area contributed by atoms with Crippen molar-refractivity contribution in [2.75, 3.05) is 13.1 Å². The van der Waals surface area contributed by atoms with Gasteiger partial charge in [0.2, 0.25) is 0 Å². The lowest BCUT2D eigenvalue weighted by molar-refractivity contribution is 0.185. The highest BCUT2D eigenvalue weighted by molar-refractivity contribution is 4.98. The van der Waals surface area contributed by atoms with E-state index in [-0.39, 0.29) is 0 Å². The molecule has 0 aromatic rings. The molecular weight excluding hydrogens is 134 g/mol. The van der Waals surface area contributed by atoms with Gasteiger partial charge in [-0.2, -0.15) is 0 Å². The average molecular weight is 153 g/mol. The van der Waals surface area contributed by atoms with Gasteiger partial charge in [-0.15, -0.1) is 0 Å². The molecular formula is C10H19N. The summed E-state index contributed by atoms with van der Waals surface area (Å²) in [7, 11) is 0. The molecule has 0 amide bonds. The first kappa shape index (κ1) is 7.60. The molecule has 0 N–H and O–H groups in total. The molecule has 0 aromatic carbocycles. The molecule has 11 heavy (non-hydrogen) atoms. The molecule has 1 aliphatic carbocycles. The number of hydrogen-bond donors (Lipinski definition) is 0. The molecule has 1 heterocycles. The summed E-state index contributed by atoms with van der Waals surface area (Å²) in [6.07, 6.45) is 5.79. The van der Waals surface area contributed by atoms with Crippen LogP contribution in [0.4, 0.5) is 0 Å².